The maximum atomic E-state index is 12.0. The van der Waals surface area contributed by atoms with Gasteiger partial charge in [-0.25, -0.2) is 9.97 Å². The Morgan fingerprint density at radius 1 is 0.615 bits per heavy atom. The topological polar surface area (TPSA) is 84.3 Å². The van der Waals surface area contributed by atoms with Gasteiger partial charge in [-0.2, -0.15) is 0 Å². The molecule has 5 nitrogen and oxygen atoms in total. The molecule has 0 aliphatic rings. The maximum absolute atomic E-state index is 12.0. The van der Waals surface area contributed by atoms with Crippen LogP contribution in [-0.4, -0.2) is 16.2 Å². The average molecular weight is 574 g/mol. The zero-order valence-corrected chi connectivity index (χ0v) is 26.7. The van der Waals surface area contributed by atoms with Gasteiger partial charge < -0.3 is 10.2 Å². The minimum Gasteiger partial charge on any atom is -0.873 e. The van der Waals surface area contributed by atoms with Gasteiger partial charge in [-0.15, -0.1) is 11.5 Å². The number of benzene rings is 2. The molecule has 3 aromatic rings. The molecule has 0 aliphatic heterocycles. The van der Waals surface area contributed by atoms with Crippen LogP contribution in [0.4, 0.5) is 5.69 Å². The Kier molecular flexibility index (Phi) is 11.1. The van der Waals surface area contributed by atoms with E-state index < -0.39 is 0 Å². The second-order valence-electron chi connectivity index (χ2n) is 13.9. The van der Waals surface area contributed by atoms with E-state index in [9.17, 15) is 10.2 Å². The molecular weight excluding hydrogens is 529 g/mol. The number of rotatable bonds is 2. The fourth-order valence-electron chi connectivity index (χ4n) is 3.99. The Morgan fingerprint density at radius 2 is 1.03 bits per heavy atom. The molecule has 0 saturated heterocycles. The van der Waals surface area contributed by atoms with Crippen LogP contribution in [0.15, 0.2) is 53.8 Å². The van der Waals surface area contributed by atoms with Gasteiger partial charge in [0.05, 0.1) is 11.9 Å². The van der Waals surface area contributed by atoms with Crippen molar-refractivity contribution in [2.24, 2.45) is 4.99 Å². The van der Waals surface area contributed by atoms with Gasteiger partial charge in [-0.3, -0.25) is 4.99 Å². The van der Waals surface area contributed by atoms with Crippen LogP contribution in [0.5, 0.6) is 11.5 Å². The summed E-state index contributed by atoms with van der Waals surface area (Å²) in [6.45, 7) is 24.9. The minimum atomic E-state index is -0.347. The monoisotopic (exact) mass is 573 g/mol. The zero-order chi connectivity index (χ0) is 29.1. The van der Waals surface area contributed by atoms with Gasteiger partial charge in [0.15, 0.2) is 5.82 Å². The van der Waals surface area contributed by atoms with Gasteiger partial charge in [0.2, 0.25) is 0 Å². The van der Waals surface area contributed by atoms with Crippen LogP contribution < -0.4 is 10.2 Å². The number of aromatic nitrogens is 2. The molecule has 0 N–H and O–H groups in total. The van der Waals surface area contributed by atoms with E-state index in [2.05, 4.69) is 74.7 Å². The second kappa shape index (κ2) is 12.6. The summed E-state index contributed by atoms with van der Waals surface area (Å²) in [6.07, 6.45) is 5.19. The van der Waals surface area contributed by atoms with Crippen LogP contribution in [0.1, 0.15) is 111 Å². The predicted molar refractivity (Wildman–Crippen MR) is 156 cm³/mol. The van der Waals surface area contributed by atoms with Gasteiger partial charge in [0.1, 0.15) is 0 Å². The zero-order valence-electron chi connectivity index (χ0n) is 25.7. The second-order valence-corrected chi connectivity index (χ2v) is 13.9. The smallest absolute Gasteiger partial charge is 0.873 e. The maximum Gasteiger partial charge on any atom is 2.00 e. The summed E-state index contributed by atoms with van der Waals surface area (Å²) in [5, 5.41) is 23.9. The third-order valence-corrected chi connectivity index (χ3v) is 6.30. The van der Waals surface area contributed by atoms with E-state index in [4.69, 9.17) is 0 Å². The molecule has 0 atom stereocenters. The summed E-state index contributed by atoms with van der Waals surface area (Å²) >= 11 is 0. The third kappa shape index (κ3) is 9.46. The van der Waals surface area contributed by atoms with Crippen LogP contribution >= 0.6 is 0 Å². The van der Waals surface area contributed by atoms with Crippen molar-refractivity contribution in [3.05, 3.63) is 76.9 Å². The van der Waals surface area contributed by atoms with Crippen molar-refractivity contribution in [2.45, 2.75) is 105 Å². The van der Waals surface area contributed by atoms with Crippen LogP contribution in [0, 0.1) is 0 Å². The first kappa shape index (κ1) is 34.3. The summed E-state index contributed by atoms with van der Waals surface area (Å²) < 4.78 is 0. The van der Waals surface area contributed by atoms with Crippen LogP contribution in [-0.2, 0) is 38.2 Å². The van der Waals surface area contributed by atoms with E-state index in [1.54, 1.807) is 36.8 Å². The van der Waals surface area contributed by atoms with E-state index in [1.807, 2.05) is 41.5 Å². The molecule has 39 heavy (non-hydrogen) atoms. The molecule has 0 fully saturated rings. The van der Waals surface area contributed by atoms with Crippen molar-refractivity contribution in [2.75, 3.05) is 0 Å². The van der Waals surface area contributed by atoms with Gasteiger partial charge in [-0.1, -0.05) is 118 Å². The quantitative estimate of drug-likeness (QED) is 0.239. The molecule has 214 valence electrons. The number of nitrogens with zero attached hydrogens (tertiary/aromatic N) is 3. The number of aliphatic imine (C=N–C) groups is 1. The molecular formula is C33H45N3NiO2. The molecule has 0 amide bonds. The number of hydrogen-bond donors (Lipinski definition) is 0. The Bertz CT molecular complexity index is 1220. The van der Waals surface area contributed by atoms with Crippen molar-refractivity contribution >= 4 is 11.9 Å². The van der Waals surface area contributed by atoms with E-state index in [0.717, 1.165) is 5.69 Å². The minimum absolute atomic E-state index is 0. The van der Waals surface area contributed by atoms with E-state index >= 15 is 0 Å². The normalized spacial score (nSPS) is 12.5. The fourth-order valence-corrected chi connectivity index (χ4v) is 3.99. The van der Waals surface area contributed by atoms with E-state index in [-0.39, 0.29) is 49.7 Å². The first-order valence-corrected chi connectivity index (χ1v) is 13.2. The molecule has 1 heterocycles. The summed E-state index contributed by atoms with van der Waals surface area (Å²) in [5.74, 6) is -0.0663. The molecule has 0 bridgehead atoms. The molecule has 0 radical (unpaired) electrons. The van der Waals surface area contributed by atoms with Gasteiger partial charge in [0, 0.05) is 12.4 Å². The van der Waals surface area contributed by atoms with Crippen molar-refractivity contribution in [1.82, 2.24) is 9.97 Å². The fraction of sp³-hybridized carbons (Fsp3) is 0.485. The van der Waals surface area contributed by atoms with Gasteiger partial charge >= 0.3 is 16.5 Å². The van der Waals surface area contributed by atoms with E-state index in [0.29, 0.717) is 17.0 Å². The molecule has 1 aromatic heterocycles. The summed E-state index contributed by atoms with van der Waals surface area (Å²) in [4.78, 5) is 13.1. The van der Waals surface area contributed by atoms with Crippen LogP contribution in [0.2, 0.25) is 0 Å². The summed E-state index contributed by atoms with van der Waals surface area (Å²) in [5.41, 5.74) is 4.31. The van der Waals surface area contributed by atoms with Crippen molar-refractivity contribution in [3.8, 4) is 11.5 Å². The van der Waals surface area contributed by atoms with Crippen LogP contribution in [0.3, 0.4) is 0 Å². The average Bonchev–Trinajstić information content (AvgIpc) is 2.77. The number of hydrogen-bond acceptors (Lipinski definition) is 5. The molecule has 3 rings (SSSR count). The largest absolute Gasteiger partial charge is 2.00 e. The van der Waals surface area contributed by atoms with Crippen molar-refractivity contribution in [1.29, 1.82) is 0 Å². The Balaban J connectivity index is 0.000000399. The SMILES string of the molecule is CC(C)(C)c1ccc(C(C)(C)C)c(N=Cc2ncccn2)c1.CC(C)(C)c1ccc(C(C)(C)C)c([O-])c1[O-].[Ni+2]. The van der Waals surface area contributed by atoms with Gasteiger partial charge in [-0.05, 0) is 44.9 Å². The Hall–Kier alpha value is -2.72. The summed E-state index contributed by atoms with van der Waals surface area (Å²) in [6, 6.07) is 12.0. The molecule has 6 heteroatoms. The first-order valence-electron chi connectivity index (χ1n) is 13.2. The van der Waals surface area contributed by atoms with Crippen molar-refractivity contribution < 1.29 is 26.7 Å². The Morgan fingerprint density at radius 3 is 1.41 bits per heavy atom. The van der Waals surface area contributed by atoms with Gasteiger partial charge in [0.25, 0.3) is 0 Å². The Labute approximate surface area is 246 Å². The first-order chi connectivity index (χ1) is 17.2. The molecule has 0 spiro atoms. The van der Waals surface area contributed by atoms with Crippen molar-refractivity contribution in [3.63, 3.8) is 0 Å². The van der Waals surface area contributed by atoms with E-state index in [1.165, 1.54) is 11.1 Å². The summed E-state index contributed by atoms with van der Waals surface area (Å²) in [7, 11) is 0. The third-order valence-electron chi connectivity index (χ3n) is 6.30. The van der Waals surface area contributed by atoms with Crippen LogP contribution in [0.25, 0.3) is 0 Å². The predicted octanol–water partition coefficient (Wildman–Crippen LogP) is 7.25. The molecule has 0 saturated carbocycles. The molecule has 2 aromatic carbocycles. The molecule has 0 unspecified atom stereocenters. The molecule has 0 aliphatic carbocycles. The standard InChI is InChI=1S/C19H25N3.C14H22O2.Ni/c1-18(2,3)14-8-9-15(19(4,5)6)16(12-14)22-13-17-20-10-7-11-21-17;1-13(2,3)9-7-8-10(14(4,5)6)12(16)11(9)15;/h7-13H,1-6H3;7-8,15-16H,1-6H3;/q;;+2/p-2.